The standard InChI is InChI=1S/C14H16ClN3O2S/c1-8-5-9(15)6-11-12(8)17-14(21-11)18-3-4-20-10(7-18)13(19)16-2/h5-6,10H,3-4,7H2,1-2H3,(H,16,19). The highest BCUT2D eigenvalue weighted by atomic mass is 35.5. The molecule has 1 fully saturated rings. The Labute approximate surface area is 131 Å². The number of likely N-dealkylation sites (N-methyl/N-ethyl adjacent to an activating group) is 1. The van der Waals surface area contributed by atoms with Crippen molar-refractivity contribution in [2.24, 2.45) is 0 Å². The third-order valence-electron chi connectivity index (χ3n) is 3.51. The SMILES string of the molecule is CNC(=O)C1CN(c2nc3c(C)cc(Cl)cc3s2)CCO1. The average molecular weight is 326 g/mol. The van der Waals surface area contributed by atoms with E-state index in [0.29, 0.717) is 13.2 Å². The fourth-order valence-electron chi connectivity index (χ4n) is 2.42. The summed E-state index contributed by atoms with van der Waals surface area (Å²) < 4.78 is 6.57. The van der Waals surface area contributed by atoms with Crippen LogP contribution in [0, 0.1) is 6.92 Å². The van der Waals surface area contributed by atoms with Gasteiger partial charge in [-0.1, -0.05) is 22.9 Å². The molecule has 5 nitrogen and oxygen atoms in total. The molecular formula is C14H16ClN3O2S. The van der Waals surface area contributed by atoms with Crippen LogP contribution < -0.4 is 10.2 Å². The van der Waals surface area contributed by atoms with Gasteiger partial charge < -0.3 is 15.0 Å². The van der Waals surface area contributed by atoms with Gasteiger partial charge in [-0.25, -0.2) is 4.98 Å². The van der Waals surface area contributed by atoms with Gasteiger partial charge in [0, 0.05) is 18.6 Å². The van der Waals surface area contributed by atoms with Gasteiger partial charge in [-0.2, -0.15) is 0 Å². The summed E-state index contributed by atoms with van der Waals surface area (Å²) in [7, 11) is 1.62. The quantitative estimate of drug-likeness (QED) is 0.920. The van der Waals surface area contributed by atoms with Crippen molar-refractivity contribution in [3.8, 4) is 0 Å². The van der Waals surface area contributed by atoms with Gasteiger partial charge in [0.15, 0.2) is 11.2 Å². The molecule has 1 aromatic heterocycles. The molecule has 0 saturated carbocycles. The summed E-state index contributed by atoms with van der Waals surface area (Å²) in [6, 6.07) is 3.85. The maximum absolute atomic E-state index is 11.7. The van der Waals surface area contributed by atoms with E-state index in [2.05, 4.69) is 10.2 Å². The lowest BCUT2D eigenvalue weighted by Gasteiger charge is -2.31. The van der Waals surface area contributed by atoms with Crippen LogP contribution in [0.2, 0.25) is 5.02 Å². The number of carbonyl (C=O) groups is 1. The van der Waals surface area contributed by atoms with Crippen molar-refractivity contribution in [3.63, 3.8) is 0 Å². The van der Waals surface area contributed by atoms with Gasteiger partial charge in [-0.15, -0.1) is 0 Å². The first-order valence-electron chi connectivity index (χ1n) is 6.73. The number of anilines is 1. The van der Waals surface area contributed by atoms with Crippen LogP contribution in [0.15, 0.2) is 12.1 Å². The third-order valence-corrected chi connectivity index (χ3v) is 4.80. The van der Waals surface area contributed by atoms with Gasteiger partial charge in [0.05, 0.1) is 23.4 Å². The number of halogens is 1. The number of amides is 1. The Morgan fingerprint density at radius 1 is 1.57 bits per heavy atom. The minimum Gasteiger partial charge on any atom is -0.365 e. The van der Waals surface area contributed by atoms with Gasteiger partial charge >= 0.3 is 0 Å². The smallest absolute Gasteiger partial charge is 0.250 e. The molecule has 1 aliphatic rings. The third kappa shape index (κ3) is 2.84. The van der Waals surface area contributed by atoms with E-state index in [0.717, 1.165) is 32.5 Å². The number of nitrogens with zero attached hydrogens (tertiary/aromatic N) is 2. The van der Waals surface area contributed by atoms with Gasteiger partial charge in [-0.05, 0) is 24.6 Å². The minimum absolute atomic E-state index is 0.0972. The van der Waals surface area contributed by atoms with Gasteiger partial charge in [0.1, 0.15) is 0 Å². The van der Waals surface area contributed by atoms with E-state index < -0.39 is 6.10 Å². The molecule has 1 aliphatic heterocycles. The summed E-state index contributed by atoms with van der Waals surface area (Å²) in [5.41, 5.74) is 2.04. The van der Waals surface area contributed by atoms with E-state index in [9.17, 15) is 4.79 Å². The summed E-state index contributed by atoms with van der Waals surface area (Å²) in [5.74, 6) is -0.0972. The Kier molecular flexibility index (Phi) is 4.01. The van der Waals surface area contributed by atoms with Gasteiger partial charge in [0.25, 0.3) is 5.91 Å². The number of morpholine rings is 1. The number of nitrogens with one attached hydrogen (secondary N) is 1. The summed E-state index contributed by atoms with van der Waals surface area (Å²) in [5, 5.41) is 4.26. The second kappa shape index (κ2) is 5.79. The molecule has 1 saturated heterocycles. The zero-order valence-electron chi connectivity index (χ0n) is 11.9. The molecule has 112 valence electrons. The maximum atomic E-state index is 11.7. The van der Waals surface area contributed by atoms with E-state index >= 15 is 0 Å². The lowest BCUT2D eigenvalue weighted by atomic mass is 10.2. The highest BCUT2D eigenvalue weighted by molar-refractivity contribution is 7.22. The molecule has 1 N–H and O–H groups in total. The zero-order valence-corrected chi connectivity index (χ0v) is 13.4. The van der Waals surface area contributed by atoms with Gasteiger partial charge in [-0.3, -0.25) is 4.79 Å². The first-order valence-corrected chi connectivity index (χ1v) is 7.93. The largest absolute Gasteiger partial charge is 0.365 e. The van der Waals surface area contributed by atoms with Crippen LogP contribution in [-0.4, -0.2) is 43.7 Å². The Hall–Kier alpha value is -1.37. The van der Waals surface area contributed by atoms with E-state index in [1.54, 1.807) is 18.4 Å². The van der Waals surface area contributed by atoms with Crippen LogP contribution in [0.25, 0.3) is 10.2 Å². The summed E-state index contributed by atoms with van der Waals surface area (Å²) >= 11 is 7.69. The van der Waals surface area contributed by atoms with Crippen molar-refractivity contribution in [2.75, 3.05) is 31.6 Å². The number of carbonyl (C=O) groups excluding carboxylic acids is 1. The van der Waals surface area contributed by atoms with E-state index in [4.69, 9.17) is 21.3 Å². The molecule has 0 bridgehead atoms. The number of ether oxygens (including phenoxy) is 1. The highest BCUT2D eigenvalue weighted by Crippen LogP contribution is 2.33. The Morgan fingerprint density at radius 2 is 2.38 bits per heavy atom. The van der Waals surface area contributed by atoms with Crippen LogP contribution >= 0.6 is 22.9 Å². The highest BCUT2D eigenvalue weighted by Gasteiger charge is 2.27. The maximum Gasteiger partial charge on any atom is 0.250 e. The first kappa shape index (κ1) is 14.6. The summed E-state index contributed by atoms with van der Waals surface area (Å²) in [6.45, 7) is 3.78. The van der Waals surface area contributed by atoms with Crippen molar-refractivity contribution in [3.05, 3.63) is 22.7 Å². The first-order chi connectivity index (χ1) is 10.1. The molecular weight excluding hydrogens is 310 g/mol. The number of aromatic nitrogens is 1. The average Bonchev–Trinajstić information content (AvgIpc) is 2.91. The molecule has 1 atom stereocenters. The Balaban J connectivity index is 1.89. The number of hydrogen-bond donors (Lipinski definition) is 1. The number of benzene rings is 1. The van der Waals surface area contributed by atoms with Crippen LogP contribution in [0.4, 0.5) is 5.13 Å². The normalized spacial score (nSPS) is 19.0. The van der Waals surface area contributed by atoms with Crippen LogP contribution in [0.5, 0.6) is 0 Å². The second-order valence-electron chi connectivity index (χ2n) is 4.99. The topological polar surface area (TPSA) is 54.5 Å². The molecule has 1 aromatic carbocycles. The molecule has 7 heteroatoms. The number of aryl methyl sites for hydroxylation is 1. The van der Waals surface area contributed by atoms with E-state index in [1.165, 1.54) is 0 Å². The fraction of sp³-hybridized carbons (Fsp3) is 0.429. The summed E-state index contributed by atoms with van der Waals surface area (Å²) in [6.07, 6.45) is -0.444. The van der Waals surface area contributed by atoms with Gasteiger partial charge in [0.2, 0.25) is 0 Å². The molecule has 1 amide bonds. The lowest BCUT2D eigenvalue weighted by molar-refractivity contribution is -0.132. The zero-order chi connectivity index (χ0) is 15.0. The van der Waals surface area contributed by atoms with Crippen molar-refractivity contribution >= 4 is 44.2 Å². The number of hydrogen-bond acceptors (Lipinski definition) is 5. The molecule has 1 unspecified atom stereocenters. The molecule has 2 aromatic rings. The lowest BCUT2D eigenvalue weighted by Crippen LogP contribution is -2.49. The van der Waals surface area contributed by atoms with Crippen molar-refractivity contribution in [2.45, 2.75) is 13.0 Å². The predicted molar refractivity (Wildman–Crippen MR) is 85.4 cm³/mol. The molecule has 21 heavy (non-hydrogen) atoms. The number of fused-ring (bicyclic) bond motifs is 1. The molecule has 0 spiro atoms. The minimum atomic E-state index is -0.444. The fourth-order valence-corrected chi connectivity index (χ4v) is 3.88. The molecule has 0 radical (unpaired) electrons. The predicted octanol–water partition coefficient (Wildman–Crippen LogP) is 2.21. The van der Waals surface area contributed by atoms with E-state index in [-0.39, 0.29) is 5.91 Å². The Morgan fingerprint density at radius 3 is 3.14 bits per heavy atom. The van der Waals surface area contributed by atoms with Crippen molar-refractivity contribution in [1.29, 1.82) is 0 Å². The summed E-state index contributed by atoms with van der Waals surface area (Å²) in [4.78, 5) is 18.5. The second-order valence-corrected chi connectivity index (χ2v) is 6.43. The van der Waals surface area contributed by atoms with Crippen molar-refractivity contribution in [1.82, 2.24) is 10.3 Å². The number of rotatable bonds is 2. The van der Waals surface area contributed by atoms with Crippen LogP contribution in [-0.2, 0) is 9.53 Å². The van der Waals surface area contributed by atoms with Crippen LogP contribution in [0.1, 0.15) is 5.56 Å². The molecule has 3 rings (SSSR count). The monoisotopic (exact) mass is 325 g/mol. The molecule has 0 aliphatic carbocycles. The number of thiazole rings is 1. The van der Waals surface area contributed by atoms with Crippen molar-refractivity contribution < 1.29 is 9.53 Å². The molecule has 2 heterocycles. The van der Waals surface area contributed by atoms with E-state index in [1.807, 2.05) is 19.1 Å². The van der Waals surface area contributed by atoms with Crippen LogP contribution in [0.3, 0.4) is 0 Å². The Bertz CT molecular complexity index is 688.